The van der Waals surface area contributed by atoms with Crippen LogP contribution in [0.1, 0.15) is 35.5 Å². The van der Waals surface area contributed by atoms with E-state index in [2.05, 4.69) is 16.4 Å². The highest BCUT2D eigenvalue weighted by Crippen LogP contribution is 2.25. The second-order valence-electron chi connectivity index (χ2n) is 5.18. The van der Waals surface area contributed by atoms with Crippen molar-refractivity contribution in [1.29, 1.82) is 0 Å². The number of aryl methyl sites for hydroxylation is 1. The number of hydrogen-bond acceptors (Lipinski definition) is 3. The first-order chi connectivity index (χ1) is 9.76. The normalized spacial score (nSPS) is 13.9. The maximum Gasteiger partial charge on any atom is 0.135 e. The van der Waals surface area contributed by atoms with Crippen LogP contribution < -0.4 is 5.32 Å². The molecule has 1 N–H and O–H groups in total. The van der Waals surface area contributed by atoms with Crippen LogP contribution in [0.2, 0.25) is 5.02 Å². The zero-order valence-corrected chi connectivity index (χ0v) is 12.4. The van der Waals surface area contributed by atoms with Crippen LogP contribution in [-0.2, 0) is 19.3 Å². The number of halogens is 1. The van der Waals surface area contributed by atoms with E-state index in [1.807, 2.05) is 25.2 Å². The summed E-state index contributed by atoms with van der Waals surface area (Å²) < 4.78 is 0. The Bertz CT molecular complexity index is 608. The van der Waals surface area contributed by atoms with E-state index in [1.54, 1.807) is 0 Å². The van der Waals surface area contributed by atoms with Crippen molar-refractivity contribution < 1.29 is 0 Å². The van der Waals surface area contributed by atoms with Crippen LogP contribution >= 0.6 is 11.6 Å². The molecule has 0 amide bonds. The number of benzene rings is 1. The van der Waals surface area contributed by atoms with Crippen LogP contribution in [0.15, 0.2) is 24.3 Å². The van der Waals surface area contributed by atoms with Gasteiger partial charge >= 0.3 is 0 Å². The van der Waals surface area contributed by atoms with Crippen molar-refractivity contribution in [2.24, 2.45) is 0 Å². The number of nitrogens with zero attached hydrogens (tertiary/aromatic N) is 2. The molecular formula is C16H18ClN3. The van der Waals surface area contributed by atoms with Gasteiger partial charge < -0.3 is 5.32 Å². The van der Waals surface area contributed by atoms with E-state index in [0.29, 0.717) is 0 Å². The molecule has 0 spiro atoms. The molecule has 1 aromatic heterocycles. The van der Waals surface area contributed by atoms with E-state index in [4.69, 9.17) is 16.6 Å². The highest BCUT2D eigenvalue weighted by atomic mass is 35.5. The fraction of sp³-hybridized carbons (Fsp3) is 0.375. The third-order valence-corrected chi connectivity index (χ3v) is 3.95. The topological polar surface area (TPSA) is 37.8 Å². The van der Waals surface area contributed by atoms with E-state index in [-0.39, 0.29) is 0 Å². The Morgan fingerprint density at radius 2 is 2.05 bits per heavy atom. The fourth-order valence-electron chi connectivity index (χ4n) is 2.76. The van der Waals surface area contributed by atoms with Crippen LogP contribution in [-0.4, -0.2) is 17.0 Å². The van der Waals surface area contributed by atoms with Gasteiger partial charge in [0.05, 0.1) is 0 Å². The van der Waals surface area contributed by atoms with Gasteiger partial charge in [0.25, 0.3) is 0 Å². The molecule has 20 heavy (non-hydrogen) atoms. The number of hydrogen-bond donors (Lipinski definition) is 1. The van der Waals surface area contributed by atoms with E-state index >= 15 is 0 Å². The fourth-order valence-corrected chi connectivity index (χ4v) is 2.97. The SMILES string of the molecule is CNc1nc(Cc2cccc(Cl)c2)nc2c1CCCC2. The zero-order valence-electron chi connectivity index (χ0n) is 11.6. The van der Waals surface area contributed by atoms with Crippen LogP contribution in [0.3, 0.4) is 0 Å². The Balaban J connectivity index is 1.94. The molecule has 3 rings (SSSR count). The van der Waals surface area contributed by atoms with Crippen molar-refractivity contribution in [3.63, 3.8) is 0 Å². The van der Waals surface area contributed by atoms with Gasteiger partial charge in [0.1, 0.15) is 11.6 Å². The minimum absolute atomic E-state index is 0.725. The number of aromatic nitrogens is 2. The van der Waals surface area contributed by atoms with Crippen LogP contribution in [0.5, 0.6) is 0 Å². The summed E-state index contributed by atoms with van der Waals surface area (Å²) in [5, 5.41) is 3.97. The predicted octanol–water partition coefficient (Wildman–Crippen LogP) is 3.64. The van der Waals surface area contributed by atoms with Gasteiger partial charge in [-0.05, 0) is 43.4 Å². The molecule has 0 atom stereocenters. The standard InChI is InChI=1S/C16H18ClN3/c1-18-16-13-7-2-3-8-14(13)19-15(20-16)10-11-5-4-6-12(17)9-11/h4-6,9H,2-3,7-8,10H2,1H3,(H,18,19,20). The average Bonchev–Trinajstić information content (AvgIpc) is 2.46. The van der Waals surface area contributed by atoms with Crippen molar-refractivity contribution in [2.75, 3.05) is 12.4 Å². The Hall–Kier alpha value is -1.61. The first-order valence-electron chi connectivity index (χ1n) is 7.07. The molecule has 0 saturated heterocycles. The number of fused-ring (bicyclic) bond motifs is 1. The van der Waals surface area contributed by atoms with Gasteiger partial charge in [0, 0.05) is 29.7 Å². The molecule has 1 aliphatic carbocycles. The van der Waals surface area contributed by atoms with Gasteiger partial charge in [-0.3, -0.25) is 0 Å². The smallest absolute Gasteiger partial charge is 0.135 e. The Labute approximate surface area is 124 Å². The molecule has 3 nitrogen and oxygen atoms in total. The van der Waals surface area contributed by atoms with Gasteiger partial charge in [-0.15, -0.1) is 0 Å². The maximum atomic E-state index is 6.03. The van der Waals surface area contributed by atoms with Crippen molar-refractivity contribution in [3.05, 3.63) is 51.9 Å². The zero-order chi connectivity index (χ0) is 13.9. The number of nitrogens with one attached hydrogen (secondary N) is 1. The Morgan fingerprint density at radius 3 is 2.85 bits per heavy atom. The van der Waals surface area contributed by atoms with Crippen LogP contribution in [0.25, 0.3) is 0 Å². The minimum Gasteiger partial charge on any atom is -0.373 e. The summed E-state index contributed by atoms with van der Waals surface area (Å²) >= 11 is 6.03. The molecule has 0 radical (unpaired) electrons. The van der Waals surface area contributed by atoms with Crippen molar-refractivity contribution in [2.45, 2.75) is 32.1 Å². The Kier molecular flexibility index (Phi) is 3.88. The summed E-state index contributed by atoms with van der Waals surface area (Å²) in [7, 11) is 1.93. The van der Waals surface area contributed by atoms with Gasteiger partial charge in [0.2, 0.25) is 0 Å². The number of anilines is 1. The van der Waals surface area contributed by atoms with E-state index < -0.39 is 0 Å². The maximum absolute atomic E-state index is 6.03. The monoisotopic (exact) mass is 287 g/mol. The van der Waals surface area contributed by atoms with Crippen molar-refractivity contribution in [1.82, 2.24) is 9.97 Å². The molecule has 1 aliphatic rings. The lowest BCUT2D eigenvalue weighted by molar-refractivity contribution is 0.657. The van der Waals surface area contributed by atoms with Crippen molar-refractivity contribution in [3.8, 4) is 0 Å². The molecule has 0 unspecified atom stereocenters. The van der Waals surface area contributed by atoms with E-state index in [0.717, 1.165) is 41.5 Å². The van der Waals surface area contributed by atoms with Gasteiger partial charge in [-0.1, -0.05) is 23.7 Å². The van der Waals surface area contributed by atoms with Gasteiger partial charge in [0.15, 0.2) is 0 Å². The molecular weight excluding hydrogens is 270 g/mol. The summed E-state index contributed by atoms with van der Waals surface area (Å²) in [5.74, 6) is 1.86. The second-order valence-corrected chi connectivity index (χ2v) is 5.61. The highest BCUT2D eigenvalue weighted by Gasteiger charge is 2.17. The second kappa shape index (κ2) is 5.80. The van der Waals surface area contributed by atoms with Crippen LogP contribution in [0, 0.1) is 0 Å². The summed E-state index contributed by atoms with van der Waals surface area (Å²) in [4.78, 5) is 9.42. The predicted molar refractivity (Wildman–Crippen MR) is 82.5 cm³/mol. The summed E-state index contributed by atoms with van der Waals surface area (Å²) in [5.41, 5.74) is 3.66. The molecule has 0 saturated carbocycles. The molecule has 4 heteroatoms. The third kappa shape index (κ3) is 2.78. The molecule has 1 heterocycles. The van der Waals surface area contributed by atoms with E-state index in [9.17, 15) is 0 Å². The summed E-state index contributed by atoms with van der Waals surface area (Å²) in [6.07, 6.45) is 5.34. The van der Waals surface area contributed by atoms with Gasteiger partial charge in [-0.25, -0.2) is 9.97 Å². The molecule has 2 aromatic rings. The molecule has 0 aliphatic heterocycles. The lowest BCUT2D eigenvalue weighted by atomic mass is 9.96. The largest absolute Gasteiger partial charge is 0.373 e. The van der Waals surface area contributed by atoms with Gasteiger partial charge in [-0.2, -0.15) is 0 Å². The Morgan fingerprint density at radius 1 is 1.20 bits per heavy atom. The minimum atomic E-state index is 0.725. The highest BCUT2D eigenvalue weighted by molar-refractivity contribution is 6.30. The molecule has 104 valence electrons. The first kappa shape index (κ1) is 13.4. The number of rotatable bonds is 3. The molecule has 0 fully saturated rings. The lowest BCUT2D eigenvalue weighted by Gasteiger charge is -2.18. The lowest BCUT2D eigenvalue weighted by Crippen LogP contribution is -2.13. The third-order valence-electron chi connectivity index (χ3n) is 3.72. The first-order valence-corrected chi connectivity index (χ1v) is 7.45. The van der Waals surface area contributed by atoms with E-state index in [1.165, 1.54) is 24.1 Å². The van der Waals surface area contributed by atoms with Crippen molar-refractivity contribution >= 4 is 17.4 Å². The summed E-state index contributed by atoms with van der Waals surface area (Å²) in [6, 6.07) is 7.89. The quantitative estimate of drug-likeness (QED) is 0.936. The summed E-state index contributed by atoms with van der Waals surface area (Å²) in [6.45, 7) is 0. The molecule has 1 aromatic carbocycles. The molecule has 0 bridgehead atoms. The van der Waals surface area contributed by atoms with Crippen LogP contribution in [0.4, 0.5) is 5.82 Å². The average molecular weight is 288 g/mol.